The van der Waals surface area contributed by atoms with E-state index in [1.165, 1.54) is 24.3 Å². The number of ketones is 2. The van der Waals surface area contributed by atoms with Gasteiger partial charge in [0, 0.05) is 18.9 Å². The second-order valence-electron chi connectivity index (χ2n) is 4.87. The van der Waals surface area contributed by atoms with Crippen LogP contribution in [0, 0.1) is 10.1 Å². The molecule has 0 amide bonds. The third-order valence-electron chi connectivity index (χ3n) is 3.77. The van der Waals surface area contributed by atoms with E-state index in [9.17, 15) is 19.7 Å². The summed E-state index contributed by atoms with van der Waals surface area (Å²) in [7, 11) is 0. The van der Waals surface area contributed by atoms with Gasteiger partial charge in [-0.1, -0.05) is 24.3 Å². The van der Waals surface area contributed by atoms with Crippen LogP contribution in [0.2, 0.25) is 0 Å². The van der Waals surface area contributed by atoms with Crippen LogP contribution in [0.25, 0.3) is 0 Å². The fourth-order valence-electron chi connectivity index (χ4n) is 2.84. The zero-order valence-electron chi connectivity index (χ0n) is 11.0. The van der Waals surface area contributed by atoms with Crippen molar-refractivity contribution < 1.29 is 14.5 Å². The minimum absolute atomic E-state index is 0.107. The highest BCUT2D eigenvalue weighted by Crippen LogP contribution is 2.41. The molecule has 1 aliphatic carbocycles. The normalized spacial score (nSPS) is 17.8. The maximum atomic E-state index is 12.4. The van der Waals surface area contributed by atoms with Gasteiger partial charge in [-0.15, -0.1) is 6.58 Å². The van der Waals surface area contributed by atoms with E-state index in [2.05, 4.69) is 6.58 Å². The topological polar surface area (TPSA) is 77.3 Å². The van der Waals surface area contributed by atoms with Crippen molar-refractivity contribution in [3.8, 4) is 0 Å². The first-order valence-corrected chi connectivity index (χ1v) is 6.45. The fraction of sp³-hybridized carbons (Fsp3) is 0.333. The number of hydrogen-bond donors (Lipinski definition) is 0. The quantitative estimate of drug-likeness (QED) is 0.366. The van der Waals surface area contributed by atoms with Crippen LogP contribution in [0.4, 0.5) is 5.69 Å². The molecular formula is C15H15NO4. The Morgan fingerprint density at radius 3 is 2.40 bits per heavy atom. The van der Waals surface area contributed by atoms with E-state index in [0.29, 0.717) is 6.42 Å². The Kier molecular flexibility index (Phi) is 3.79. The van der Waals surface area contributed by atoms with Gasteiger partial charge in [0.1, 0.15) is 5.41 Å². The van der Waals surface area contributed by atoms with Gasteiger partial charge in [-0.2, -0.15) is 0 Å². The number of benzene rings is 1. The van der Waals surface area contributed by atoms with E-state index < -0.39 is 10.3 Å². The summed E-state index contributed by atoms with van der Waals surface area (Å²) in [4.78, 5) is 35.4. The molecule has 0 heterocycles. The molecule has 0 spiro atoms. The van der Waals surface area contributed by atoms with Crippen LogP contribution in [0.3, 0.4) is 0 Å². The predicted octanol–water partition coefficient (Wildman–Crippen LogP) is 2.73. The van der Waals surface area contributed by atoms with Crippen molar-refractivity contribution in [1.82, 2.24) is 0 Å². The average molecular weight is 273 g/mol. The molecule has 20 heavy (non-hydrogen) atoms. The van der Waals surface area contributed by atoms with E-state index in [1.807, 2.05) is 0 Å². The van der Waals surface area contributed by atoms with Gasteiger partial charge in [0.2, 0.25) is 0 Å². The van der Waals surface area contributed by atoms with Crippen LogP contribution in [0.15, 0.2) is 36.9 Å². The molecular weight excluding hydrogens is 258 g/mol. The van der Waals surface area contributed by atoms with Crippen molar-refractivity contribution in [2.45, 2.75) is 31.1 Å². The number of hydrogen-bond acceptors (Lipinski definition) is 4. The van der Waals surface area contributed by atoms with Crippen LogP contribution in [-0.4, -0.2) is 16.5 Å². The molecule has 0 bridgehead atoms. The third kappa shape index (κ3) is 2.05. The summed E-state index contributed by atoms with van der Waals surface area (Å²) >= 11 is 0. The van der Waals surface area contributed by atoms with Crippen molar-refractivity contribution in [2.24, 2.45) is 0 Å². The summed E-state index contributed by atoms with van der Waals surface area (Å²) in [5.41, 5.74) is -1.42. The van der Waals surface area contributed by atoms with Crippen molar-refractivity contribution >= 4 is 17.3 Å². The first-order valence-electron chi connectivity index (χ1n) is 6.45. The molecule has 104 valence electrons. The molecule has 0 aromatic heterocycles. The Balaban J connectivity index is 2.70. The lowest BCUT2D eigenvalue weighted by molar-refractivity contribution is -0.385. The third-order valence-corrected chi connectivity index (χ3v) is 3.77. The van der Waals surface area contributed by atoms with Crippen molar-refractivity contribution in [1.29, 1.82) is 0 Å². The Labute approximate surface area is 116 Å². The summed E-state index contributed by atoms with van der Waals surface area (Å²) in [6.07, 6.45) is 2.64. The summed E-state index contributed by atoms with van der Waals surface area (Å²) in [6.45, 7) is 3.59. The van der Waals surface area contributed by atoms with E-state index in [0.717, 1.165) is 0 Å². The first-order chi connectivity index (χ1) is 9.54. The summed E-state index contributed by atoms with van der Waals surface area (Å²) in [6, 6.07) is 5.97. The number of nitro groups is 1. The van der Waals surface area contributed by atoms with E-state index in [-0.39, 0.29) is 42.1 Å². The largest absolute Gasteiger partial charge is 0.298 e. The van der Waals surface area contributed by atoms with E-state index in [1.54, 1.807) is 6.07 Å². The standard InChI is InChI=1S/C15H15NO4/c1-2-10-15(13(17)8-5-9-14(15)18)11-6-3-4-7-12(11)16(19)20/h2-4,6-7H,1,5,8-10H2. The minimum Gasteiger partial charge on any atom is -0.298 e. The second-order valence-corrected chi connectivity index (χ2v) is 4.87. The van der Waals surface area contributed by atoms with Gasteiger partial charge in [0.25, 0.3) is 5.69 Å². The molecule has 1 aromatic carbocycles. The fourth-order valence-corrected chi connectivity index (χ4v) is 2.84. The van der Waals surface area contributed by atoms with Gasteiger partial charge in [-0.25, -0.2) is 0 Å². The van der Waals surface area contributed by atoms with Crippen molar-refractivity contribution in [3.05, 3.63) is 52.6 Å². The highest BCUT2D eigenvalue weighted by Gasteiger charge is 2.50. The average Bonchev–Trinajstić information content (AvgIpc) is 2.43. The van der Waals surface area contributed by atoms with Crippen LogP contribution in [-0.2, 0) is 15.0 Å². The number of rotatable bonds is 4. The molecule has 1 aliphatic rings. The van der Waals surface area contributed by atoms with E-state index in [4.69, 9.17) is 0 Å². The van der Waals surface area contributed by atoms with Crippen molar-refractivity contribution in [2.75, 3.05) is 0 Å². The van der Waals surface area contributed by atoms with Crippen LogP contribution >= 0.6 is 0 Å². The van der Waals surface area contributed by atoms with Crippen molar-refractivity contribution in [3.63, 3.8) is 0 Å². The molecule has 0 unspecified atom stereocenters. The molecule has 0 atom stereocenters. The Hall–Kier alpha value is -2.30. The number of nitrogens with zero attached hydrogens (tertiary/aromatic N) is 1. The Bertz CT molecular complexity index is 575. The Morgan fingerprint density at radius 2 is 1.85 bits per heavy atom. The zero-order valence-corrected chi connectivity index (χ0v) is 11.0. The molecule has 2 rings (SSSR count). The number of allylic oxidation sites excluding steroid dienone is 1. The molecule has 0 aliphatic heterocycles. The number of Topliss-reactive ketones (excluding diaryl/α,β-unsaturated/α-hetero) is 2. The zero-order chi connectivity index (χ0) is 14.8. The van der Waals surface area contributed by atoms with Gasteiger partial charge in [0.15, 0.2) is 11.6 Å². The lowest BCUT2D eigenvalue weighted by Gasteiger charge is -2.33. The minimum atomic E-state index is -1.43. The number of nitro benzene ring substituents is 1. The first kappa shape index (κ1) is 14.1. The van der Waals surface area contributed by atoms with E-state index >= 15 is 0 Å². The SMILES string of the molecule is C=CCC1(c2ccccc2[N+](=O)[O-])C(=O)CCCC1=O. The molecule has 1 saturated carbocycles. The van der Waals surface area contributed by atoms with Gasteiger partial charge < -0.3 is 0 Å². The molecule has 0 N–H and O–H groups in total. The summed E-state index contributed by atoms with van der Waals surface area (Å²) in [5.74, 6) is -0.495. The molecule has 1 aromatic rings. The highest BCUT2D eigenvalue weighted by molar-refractivity contribution is 6.15. The maximum Gasteiger partial charge on any atom is 0.274 e. The molecule has 5 nitrogen and oxygen atoms in total. The second kappa shape index (κ2) is 5.36. The summed E-state index contributed by atoms with van der Waals surface area (Å²) < 4.78 is 0. The highest BCUT2D eigenvalue weighted by atomic mass is 16.6. The lowest BCUT2D eigenvalue weighted by atomic mass is 9.65. The number of carbonyl (C=O) groups is 2. The molecule has 0 saturated heterocycles. The Morgan fingerprint density at radius 1 is 1.25 bits per heavy atom. The lowest BCUT2D eigenvalue weighted by Crippen LogP contribution is -2.46. The van der Waals surface area contributed by atoms with Gasteiger partial charge in [-0.3, -0.25) is 19.7 Å². The predicted molar refractivity (Wildman–Crippen MR) is 73.5 cm³/mol. The molecule has 1 fully saturated rings. The van der Waals surface area contributed by atoms with Crippen LogP contribution in [0.1, 0.15) is 31.2 Å². The van der Waals surface area contributed by atoms with Crippen LogP contribution < -0.4 is 0 Å². The monoisotopic (exact) mass is 273 g/mol. The maximum absolute atomic E-state index is 12.4. The van der Waals surface area contributed by atoms with Gasteiger partial charge in [0.05, 0.1) is 10.5 Å². The molecule has 5 heteroatoms. The summed E-state index contributed by atoms with van der Waals surface area (Å²) in [5, 5.41) is 11.2. The smallest absolute Gasteiger partial charge is 0.274 e. The van der Waals surface area contributed by atoms with Gasteiger partial charge in [-0.05, 0) is 12.8 Å². The number of carbonyl (C=O) groups excluding carboxylic acids is 2. The van der Waals surface area contributed by atoms with Crippen LogP contribution in [0.5, 0.6) is 0 Å². The number of para-hydroxylation sites is 1. The van der Waals surface area contributed by atoms with Gasteiger partial charge >= 0.3 is 0 Å². The molecule has 0 radical (unpaired) electrons.